The predicted octanol–water partition coefficient (Wildman–Crippen LogP) is 2.26. The summed E-state index contributed by atoms with van der Waals surface area (Å²) in [6.45, 7) is 8.59. The molecule has 0 unspecified atom stereocenters. The van der Waals surface area contributed by atoms with Crippen molar-refractivity contribution in [2.75, 3.05) is 6.54 Å². The highest BCUT2D eigenvalue weighted by atomic mass is 16.1. The molecule has 0 bridgehead atoms. The zero-order valence-electron chi connectivity index (χ0n) is 9.79. The van der Waals surface area contributed by atoms with Gasteiger partial charge in [0, 0.05) is 18.4 Å². The van der Waals surface area contributed by atoms with Gasteiger partial charge < -0.3 is 5.32 Å². The molecule has 1 aromatic heterocycles. The van der Waals surface area contributed by atoms with Gasteiger partial charge in [-0.1, -0.05) is 13.8 Å². The van der Waals surface area contributed by atoms with E-state index in [1.165, 1.54) is 0 Å². The summed E-state index contributed by atoms with van der Waals surface area (Å²) in [5.41, 5.74) is 2.57. The average Bonchev–Trinajstić information content (AvgIpc) is 2.18. The Hall–Kier alpha value is -1.38. The van der Waals surface area contributed by atoms with Crippen molar-refractivity contribution in [1.82, 2.24) is 10.3 Å². The first-order valence-electron chi connectivity index (χ1n) is 5.31. The van der Waals surface area contributed by atoms with Crippen LogP contribution in [0.5, 0.6) is 0 Å². The van der Waals surface area contributed by atoms with Gasteiger partial charge in [0.15, 0.2) is 0 Å². The molecule has 15 heavy (non-hydrogen) atoms. The summed E-state index contributed by atoms with van der Waals surface area (Å²) >= 11 is 0. The van der Waals surface area contributed by atoms with E-state index in [0.29, 0.717) is 18.0 Å². The fraction of sp³-hybridized carbons (Fsp3) is 0.500. The zero-order chi connectivity index (χ0) is 11.4. The van der Waals surface area contributed by atoms with Crippen molar-refractivity contribution in [2.24, 2.45) is 0 Å². The van der Waals surface area contributed by atoms with Crippen LogP contribution in [0.25, 0.3) is 0 Å². The molecule has 82 valence electrons. The molecule has 0 radical (unpaired) electrons. The molecule has 1 heterocycles. The van der Waals surface area contributed by atoms with Crippen molar-refractivity contribution in [1.29, 1.82) is 0 Å². The largest absolute Gasteiger partial charge is 0.352 e. The van der Waals surface area contributed by atoms with Crippen LogP contribution in [0, 0.1) is 6.92 Å². The van der Waals surface area contributed by atoms with Crippen LogP contribution in [0.4, 0.5) is 0 Å². The third kappa shape index (κ3) is 2.78. The van der Waals surface area contributed by atoms with Gasteiger partial charge in [-0.25, -0.2) is 0 Å². The normalized spacial score (nSPS) is 10.5. The van der Waals surface area contributed by atoms with Crippen molar-refractivity contribution in [3.05, 3.63) is 29.1 Å². The lowest BCUT2D eigenvalue weighted by Gasteiger charge is -2.09. The van der Waals surface area contributed by atoms with Gasteiger partial charge in [0.1, 0.15) is 0 Å². The van der Waals surface area contributed by atoms with Gasteiger partial charge in [-0.2, -0.15) is 0 Å². The highest BCUT2D eigenvalue weighted by Gasteiger charge is 2.11. The minimum absolute atomic E-state index is 0.0370. The summed E-state index contributed by atoms with van der Waals surface area (Å²) in [6, 6.07) is 1.93. The number of pyridine rings is 1. The fourth-order valence-electron chi connectivity index (χ4n) is 1.35. The smallest absolute Gasteiger partial charge is 0.253 e. The van der Waals surface area contributed by atoms with Gasteiger partial charge in [-0.05, 0) is 31.4 Å². The minimum atomic E-state index is -0.0370. The molecule has 0 saturated heterocycles. The number of hydrogen-bond donors (Lipinski definition) is 1. The molecule has 0 aromatic carbocycles. The Labute approximate surface area is 90.9 Å². The Morgan fingerprint density at radius 2 is 2.20 bits per heavy atom. The van der Waals surface area contributed by atoms with Gasteiger partial charge in [0.2, 0.25) is 0 Å². The SMILES string of the molecule is CCNC(=O)c1cc(C(C)C)cnc1C. The molecular weight excluding hydrogens is 188 g/mol. The molecule has 3 heteroatoms. The summed E-state index contributed by atoms with van der Waals surface area (Å²) in [5.74, 6) is 0.358. The van der Waals surface area contributed by atoms with E-state index in [1.807, 2.05) is 26.1 Å². The van der Waals surface area contributed by atoms with Gasteiger partial charge in [-0.15, -0.1) is 0 Å². The van der Waals surface area contributed by atoms with E-state index >= 15 is 0 Å². The predicted molar refractivity (Wildman–Crippen MR) is 61.1 cm³/mol. The molecule has 1 N–H and O–H groups in total. The average molecular weight is 206 g/mol. The topological polar surface area (TPSA) is 42.0 Å². The fourth-order valence-corrected chi connectivity index (χ4v) is 1.35. The first-order chi connectivity index (χ1) is 7.06. The number of nitrogens with zero attached hydrogens (tertiary/aromatic N) is 1. The lowest BCUT2D eigenvalue weighted by atomic mass is 10.0. The van der Waals surface area contributed by atoms with E-state index < -0.39 is 0 Å². The number of aryl methyl sites for hydroxylation is 1. The standard InChI is InChI=1S/C12H18N2O/c1-5-13-12(15)11-6-10(8(2)3)7-14-9(11)4/h6-8H,5H2,1-4H3,(H,13,15). The van der Waals surface area contributed by atoms with E-state index in [9.17, 15) is 4.79 Å². The minimum Gasteiger partial charge on any atom is -0.352 e. The highest BCUT2D eigenvalue weighted by molar-refractivity contribution is 5.95. The lowest BCUT2D eigenvalue weighted by Crippen LogP contribution is -2.24. The van der Waals surface area contributed by atoms with Crippen LogP contribution in [0.2, 0.25) is 0 Å². The van der Waals surface area contributed by atoms with Crippen molar-refractivity contribution in [2.45, 2.75) is 33.6 Å². The second-order valence-corrected chi connectivity index (χ2v) is 3.92. The van der Waals surface area contributed by atoms with Gasteiger partial charge in [0.05, 0.1) is 5.56 Å². The second kappa shape index (κ2) is 4.91. The van der Waals surface area contributed by atoms with Crippen LogP contribution >= 0.6 is 0 Å². The van der Waals surface area contributed by atoms with Crippen LogP contribution in [-0.4, -0.2) is 17.4 Å². The maximum absolute atomic E-state index is 11.7. The zero-order valence-corrected chi connectivity index (χ0v) is 9.79. The highest BCUT2D eigenvalue weighted by Crippen LogP contribution is 2.16. The van der Waals surface area contributed by atoms with Crippen LogP contribution < -0.4 is 5.32 Å². The molecule has 3 nitrogen and oxygen atoms in total. The third-order valence-electron chi connectivity index (χ3n) is 2.36. The Bertz CT molecular complexity index is 359. The number of aromatic nitrogens is 1. The molecule has 1 aromatic rings. The Kier molecular flexibility index (Phi) is 3.83. The van der Waals surface area contributed by atoms with Crippen molar-refractivity contribution in [3.63, 3.8) is 0 Å². The summed E-state index contributed by atoms with van der Waals surface area (Å²) in [6.07, 6.45) is 1.84. The number of hydrogen-bond acceptors (Lipinski definition) is 2. The molecule has 0 atom stereocenters. The number of nitrogens with one attached hydrogen (secondary N) is 1. The monoisotopic (exact) mass is 206 g/mol. The van der Waals surface area contributed by atoms with E-state index in [0.717, 1.165) is 11.3 Å². The Morgan fingerprint density at radius 1 is 1.53 bits per heavy atom. The van der Waals surface area contributed by atoms with Crippen molar-refractivity contribution in [3.8, 4) is 0 Å². The van der Waals surface area contributed by atoms with Gasteiger partial charge in [0.25, 0.3) is 5.91 Å². The Balaban J connectivity index is 3.05. The maximum atomic E-state index is 11.7. The number of carbonyl (C=O) groups is 1. The molecule has 1 rings (SSSR count). The van der Waals surface area contributed by atoms with E-state index in [4.69, 9.17) is 0 Å². The quantitative estimate of drug-likeness (QED) is 0.824. The van der Waals surface area contributed by atoms with Crippen LogP contribution in [0.1, 0.15) is 48.3 Å². The first kappa shape index (κ1) is 11.7. The van der Waals surface area contributed by atoms with Crippen molar-refractivity contribution >= 4 is 5.91 Å². The summed E-state index contributed by atoms with van der Waals surface area (Å²) < 4.78 is 0. The van der Waals surface area contributed by atoms with Gasteiger partial charge in [-0.3, -0.25) is 9.78 Å². The van der Waals surface area contributed by atoms with E-state index in [2.05, 4.69) is 24.1 Å². The molecule has 1 amide bonds. The first-order valence-corrected chi connectivity index (χ1v) is 5.31. The van der Waals surface area contributed by atoms with Gasteiger partial charge >= 0.3 is 0 Å². The van der Waals surface area contributed by atoms with Crippen LogP contribution in [0.15, 0.2) is 12.3 Å². The van der Waals surface area contributed by atoms with E-state index in [1.54, 1.807) is 0 Å². The molecule has 0 aliphatic heterocycles. The molecule has 0 spiro atoms. The summed E-state index contributed by atoms with van der Waals surface area (Å²) in [4.78, 5) is 15.9. The lowest BCUT2D eigenvalue weighted by molar-refractivity contribution is 0.0954. The summed E-state index contributed by atoms with van der Waals surface area (Å²) in [7, 11) is 0. The third-order valence-corrected chi connectivity index (χ3v) is 2.36. The maximum Gasteiger partial charge on any atom is 0.253 e. The van der Waals surface area contributed by atoms with Crippen molar-refractivity contribution < 1.29 is 4.79 Å². The molecule has 0 saturated carbocycles. The van der Waals surface area contributed by atoms with E-state index in [-0.39, 0.29) is 5.91 Å². The number of amides is 1. The molecular formula is C12H18N2O. The Morgan fingerprint density at radius 3 is 2.73 bits per heavy atom. The molecule has 0 aliphatic rings. The molecule has 0 fully saturated rings. The summed E-state index contributed by atoms with van der Waals surface area (Å²) in [5, 5.41) is 2.79. The number of rotatable bonds is 3. The number of carbonyl (C=O) groups excluding carboxylic acids is 1. The second-order valence-electron chi connectivity index (χ2n) is 3.92. The van der Waals surface area contributed by atoms with Crippen LogP contribution in [-0.2, 0) is 0 Å². The van der Waals surface area contributed by atoms with Crippen LogP contribution in [0.3, 0.4) is 0 Å². The molecule has 0 aliphatic carbocycles.